The molecule has 4 nitrogen and oxygen atoms in total. The largest absolute Gasteiger partial charge is 0.334 e. The first-order valence-corrected chi connectivity index (χ1v) is 19.5. The van der Waals surface area contributed by atoms with Gasteiger partial charge in [0, 0.05) is 11.4 Å². The highest BCUT2D eigenvalue weighted by atomic mass is 15.3. The number of hydrogen-bond acceptors (Lipinski definition) is 4. The molecule has 0 radical (unpaired) electrons. The molecule has 0 saturated heterocycles. The highest BCUT2D eigenvalue weighted by molar-refractivity contribution is 6.21. The fraction of sp³-hybridized carbons (Fsp3) is 0.0769. The van der Waals surface area contributed by atoms with Gasteiger partial charge in [0.25, 0.3) is 0 Å². The molecule has 4 atom stereocenters. The first-order valence-electron chi connectivity index (χ1n) is 19.5. The van der Waals surface area contributed by atoms with Gasteiger partial charge in [-0.1, -0.05) is 170 Å². The lowest BCUT2D eigenvalue weighted by Crippen LogP contribution is -2.35. The molecule has 0 saturated carbocycles. The Balaban J connectivity index is 0.992. The molecule has 56 heavy (non-hydrogen) atoms. The molecule has 2 aliphatic heterocycles. The fourth-order valence-corrected chi connectivity index (χ4v) is 9.14. The van der Waals surface area contributed by atoms with E-state index in [9.17, 15) is 0 Å². The molecule has 0 spiro atoms. The lowest BCUT2D eigenvalue weighted by molar-refractivity contribution is 0.696. The molecule has 4 unspecified atom stereocenters. The molecule has 7 aromatic carbocycles. The Bertz CT molecular complexity index is 2560. The number of fused-ring (bicyclic) bond motifs is 4. The van der Waals surface area contributed by atoms with E-state index in [1.54, 1.807) is 0 Å². The molecule has 4 aliphatic rings. The second-order valence-electron chi connectivity index (χ2n) is 14.8. The van der Waals surface area contributed by atoms with Crippen LogP contribution in [-0.4, -0.2) is 23.5 Å². The van der Waals surface area contributed by atoms with Crippen molar-refractivity contribution in [1.29, 1.82) is 0 Å². The highest BCUT2D eigenvalue weighted by Crippen LogP contribution is 2.46. The van der Waals surface area contributed by atoms with Gasteiger partial charge in [-0.3, -0.25) is 9.98 Å². The third-order valence-corrected chi connectivity index (χ3v) is 11.7. The standard InChI is InChI=1S/C52H38N4/c1-3-15-37(16-4-1)51-53-45-23-11-13-25-47(45)55(51)39-31-27-35(28-32-39)49-41-19-7-9-21-43(41)50(44-22-10-8-20-42(44)49)36-29-33-40(34-30-36)56-48-26-14-12-24-46(48)54-52(56)38-17-5-2-6-18-38/h1-34,47-48,51-52H. The minimum Gasteiger partial charge on any atom is -0.334 e. The number of rotatable bonds is 6. The van der Waals surface area contributed by atoms with Crippen LogP contribution < -0.4 is 9.80 Å². The second-order valence-corrected chi connectivity index (χ2v) is 14.8. The summed E-state index contributed by atoms with van der Waals surface area (Å²) < 4.78 is 0. The van der Waals surface area contributed by atoms with Crippen molar-refractivity contribution in [1.82, 2.24) is 0 Å². The summed E-state index contributed by atoms with van der Waals surface area (Å²) in [5, 5.41) is 4.97. The Kier molecular flexibility index (Phi) is 7.73. The first-order chi connectivity index (χ1) is 27.8. The van der Waals surface area contributed by atoms with Crippen molar-refractivity contribution in [3.63, 3.8) is 0 Å². The zero-order valence-corrected chi connectivity index (χ0v) is 30.7. The second kappa shape index (κ2) is 13.4. The van der Waals surface area contributed by atoms with Crippen LogP contribution in [0.15, 0.2) is 216 Å². The van der Waals surface area contributed by atoms with Crippen LogP contribution in [0.1, 0.15) is 23.5 Å². The summed E-state index contributed by atoms with van der Waals surface area (Å²) in [6, 6.07) is 57.5. The van der Waals surface area contributed by atoms with Crippen molar-refractivity contribution in [3.8, 4) is 22.3 Å². The molecule has 0 aromatic heterocycles. The molecular weight excluding hydrogens is 681 g/mol. The molecule has 2 heterocycles. The van der Waals surface area contributed by atoms with Crippen LogP contribution in [0.25, 0.3) is 43.8 Å². The van der Waals surface area contributed by atoms with Gasteiger partial charge in [0.2, 0.25) is 0 Å². The fourth-order valence-electron chi connectivity index (χ4n) is 9.14. The van der Waals surface area contributed by atoms with Gasteiger partial charge in [0.05, 0.1) is 23.5 Å². The third kappa shape index (κ3) is 5.29. The van der Waals surface area contributed by atoms with E-state index in [0.717, 1.165) is 22.8 Å². The maximum absolute atomic E-state index is 5.19. The molecule has 11 rings (SSSR count). The molecule has 4 heteroatoms. The minimum absolute atomic E-state index is 0.0815. The summed E-state index contributed by atoms with van der Waals surface area (Å²) in [7, 11) is 0. The molecule has 0 amide bonds. The van der Waals surface area contributed by atoms with Crippen LogP contribution >= 0.6 is 0 Å². The number of anilines is 2. The summed E-state index contributed by atoms with van der Waals surface area (Å²) in [6.45, 7) is 0. The summed E-state index contributed by atoms with van der Waals surface area (Å²) in [5.41, 5.74) is 11.8. The van der Waals surface area contributed by atoms with E-state index in [-0.39, 0.29) is 24.4 Å². The molecule has 7 aromatic rings. The quantitative estimate of drug-likeness (QED) is 0.160. The van der Waals surface area contributed by atoms with Gasteiger partial charge in [-0.15, -0.1) is 0 Å². The third-order valence-electron chi connectivity index (χ3n) is 11.7. The Morgan fingerprint density at radius 1 is 0.357 bits per heavy atom. The van der Waals surface area contributed by atoms with Crippen molar-refractivity contribution in [2.45, 2.75) is 24.4 Å². The topological polar surface area (TPSA) is 31.2 Å². The molecule has 0 fully saturated rings. The molecule has 0 N–H and O–H groups in total. The van der Waals surface area contributed by atoms with Gasteiger partial charge < -0.3 is 9.80 Å². The number of benzene rings is 7. The van der Waals surface area contributed by atoms with Gasteiger partial charge >= 0.3 is 0 Å². The van der Waals surface area contributed by atoms with Gasteiger partial charge in [0.15, 0.2) is 0 Å². The molecular formula is C52H38N4. The van der Waals surface area contributed by atoms with Crippen LogP contribution in [0.3, 0.4) is 0 Å². The predicted octanol–water partition coefficient (Wildman–Crippen LogP) is 12.2. The van der Waals surface area contributed by atoms with E-state index in [1.165, 1.54) is 54.9 Å². The molecule has 0 bridgehead atoms. The van der Waals surface area contributed by atoms with Crippen molar-refractivity contribution in [2.75, 3.05) is 9.80 Å². The lowest BCUT2D eigenvalue weighted by Gasteiger charge is -2.31. The summed E-state index contributed by atoms with van der Waals surface area (Å²) in [4.78, 5) is 15.3. The van der Waals surface area contributed by atoms with Gasteiger partial charge in [-0.05, 0) is 91.3 Å². The van der Waals surface area contributed by atoms with Gasteiger partial charge in [-0.25, -0.2) is 0 Å². The summed E-state index contributed by atoms with van der Waals surface area (Å²) in [5.74, 6) is 0. The first kappa shape index (κ1) is 32.4. The maximum atomic E-state index is 5.19. The van der Waals surface area contributed by atoms with Crippen LogP contribution in [-0.2, 0) is 0 Å². The Morgan fingerprint density at radius 2 is 0.714 bits per heavy atom. The number of nitrogens with zero attached hydrogens (tertiary/aromatic N) is 4. The smallest absolute Gasteiger partial charge is 0.148 e. The van der Waals surface area contributed by atoms with E-state index >= 15 is 0 Å². The van der Waals surface area contributed by atoms with Crippen LogP contribution in [0, 0.1) is 0 Å². The van der Waals surface area contributed by atoms with Crippen molar-refractivity contribution in [2.24, 2.45) is 9.98 Å². The summed E-state index contributed by atoms with van der Waals surface area (Å²) in [6.07, 6.45) is 17.1. The van der Waals surface area contributed by atoms with Crippen molar-refractivity contribution in [3.05, 3.63) is 217 Å². The average molecular weight is 719 g/mol. The summed E-state index contributed by atoms with van der Waals surface area (Å²) >= 11 is 0. The lowest BCUT2D eigenvalue weighted by atomic mass is 9.86. The van der Waals surface area contributed by atoms with Crippen LogP contribution in [0.4, 0.5) is 11.4 Å². The van der Waals surface area contributed by atoms with E-state index in [4.69, 9.17) is 9.98 Å². The Morgan fingerprint density at radius 3 is 1.09 bits per heavy atom. The SMILES string of the molecule is C1=CC2=NC(c3ccccc3)N(c3ccc(-c4c5ccccc5c(-c5ccc(N6C7C=CC=CC7=NC6c6ccccc6)cc5)c5ccccc45)cc3)C2C=C1. The van der Waals surface area contributed by atoms with Crippen molar-refractivity contribution >= 4 is 44.3 Å². The molecule has 2 aliphatic carbocycles. The van der Waals surface area contributed by atoms with Crippen LogP contribution in [0.2, 0.25) is 0 Å². The maximum Gasteiger partial charge on any atom is 0.148 e. The predicted molar refractivity (Wildman–Crippen MR) is 235 cm³/mol. The number of hydrogen-bond donors (Lipinski definition) is 0. The van der Waals surface area contributed by atoms with Crippen molar-refractivity contribution < 1.29 is 0 Å². The van der Waals surface area contributed by atoms with E-state index in [1.807, 2.05) is 0 Å². The molecule has 266 valence electrons. The Hall–Kier alpha value is -7.04. The highest BCUT2D eigenvalue weighted by Gasteiger charge is 2.37. The number of aliphatic imine (C=N–C) groups is 2. The zero-order chi connectivity index (χ0) is 37.0. The monoisotopic (exact) mass is 718 g/mol. The van der Waals surface area contributed by atoms with Crippen LogP contribution in [0.5, 0.6) is 0 Å². The minimum atomic E-state index is -0.0815. The van der Waals surface area contributed by atoms with E-state index in [2.05, 4.69) is 216 Å². The van der Waals surface area contributed by atoms with Gasteiger partial charge in [-0.2, -0.15) is 0 Å². The number of allylic oxidation sites excluding steroid dienone is 4. The normalized spacial score (nSPS) is 20.7. The van der Waals surface area contributed by atoms with E-state index in [0.29, 0.717) is 0 Å². The zero-order valence-electron chi connectivity index (χ0n) is 30.7. The van der Waals surface area contributed by atoms with E-state index < -0.39 is 0 Å². The van der Waals surface area contributed by atoms with Gasteiger partial charge in [0.1, 0.15) is 12.3 Å². The Labute approximate surface area is 327 Å². The average Bonchev–Trinajstić information content (AvgIpc) is 3.86.